The van der Waals surface area contributed by atoms with Crippen LogP contribution in [-0.4, -0.2) is 37.8 Å². The molecule has 0 unspecified atom stereocenters. The van der Waals surface area contributed by atoms with Crippen LogP contribution in [0.25, 0.3) is 0 Å². The fourth-order valence-electron chi connectivity index (χ4n) is 2.96. The third-order valence-corrected chi connectivity index (χ3v) is 4.60. The number of rotatable bonds is 7. The maximum atomic E-state index is 12.5. The van der Waals surface area contributed by atoms with Crippen LogP contribution >= 0.6 is 0 Å². The number of carbonyl (C=O) groups is 2. The van der Waals surface area contributed by atoms with E-state index in [1.165, 1.54) is 5.01 Å². The van der Waals surface area contributed by atoms with Crippen molar-refractivity contribution in [3.63, 3.8) is 0 Å². The predicted octanol–water partition coefficient (Wildman–Crippen LogP) is 2.99. The van der Waals surface area contributed by atoms with Gasteiger partial charge >= 0.3 is 0 Å². The molecule has 0 aromatic heterocycles. The molecule has 0 atom stereocenters. The second-order valence-corrected chi connectivity index (χ2v) is 6.82. The highest BCUT2D eigenvalue weighted by atomic mass is 16.5. The summed E-state index contributed by atoms with van der Waals surface area (Å²) >= 11 is 0. The average molecular weight is 395 g/mol. The van der Waals surface area contributed by atoms with Gasteiger partial charge in [0.1, 0.15) is 23.8 Å². The smallest absolute Gasteiger partial charge is 0.267 e. The van der Waals surface area contributed by atoms with E-state index in [4.69, 9.17) is 9.47 Å². The quantitative estimate of drug-likeness (QED) is 0.731. The summed E-state index contributed by atoms with van der Waals surface area (Å²) in [6, 6.07) is 13.1. The molecule has 1 N–H and O–H groups in total. The van der Waals surface area contributed by atoms with Crippen LogP contribution in [0, 0.1) is 13.8 Å². The van der Waals surface area contributed by atoms with Gasteiger partial charge in [-0.3, -0.25) is 9.59 Å². The van der Waals surface area contributed by atoms with Crippen molar-refractivity contribution in [1.29, 1.82) is 0 Å². The minimum atomic E-state index is -0.286. The van der Waals surface area contributed by atoms with Gasteiger partial charge in [0.2, 0.25) is 5.91 Å². The highest BCUT2D eigenvalue weighted by Gasteiger charge is 2.26. The summed E-state index contributed by atoms with van der Waals surface area (Å²) in [6.07, 6.45) is 0.577. The molecule has 1 heterocycles. The molecule has 7 nitrogen and oxygen atoms in total. The second kappa shape index (κ2) is 9.23. The Morgan fingerprint density at radius 2 is 1.83 bits per heavy atom. The lowest BCUT2D eigenvalue weighted by Crippen LogP contribution is -2.40. The Labute approximate surface area is 170 Å². The Bertz CT molecular complexity index is 922. The van der Waals surface area contributed by atoms with E-state index in [0.717, 1.165) is 16.9 Å². The molecule has 2 aromatic rings. The Hall–Kier alpha value is -3.35. The van der Waals surface area contributed by atoms with Crippen molar-refractivity contribution in [2.45, 2.75) is 26.7 Å². The molecule has 2 amide bonds. The number of nitrogens with zero attached hydrogens (tertiary/aromatic N) is 2. The molecule has 0 radical (unpaired) electrons. The lowest BCUT2D eigenvalue weighted by molar-refractivity contribution is -0.119. The van der Waals surface area contributed by atoms with Crippen LogP contribution < -0.4 is 19.8 Å². The Balaban J connectivity index is 1.58. The number of nitrogens with one attached hydrogen (secondary N) is 1. The van der Waals surface area contributed by atoms with Crippen LogP contribution in [0.1, 0.15) is 24.0 Å². The zero-order valence-corrected chi connectivity index (χ0v) is 16.9. The number of hydrogen-bond acceptors (Lipinski definition) is 5. The van der Waals surface area contributed by atoms with Crippen molar-refractivity contribution in [2.75, 3.05) is 25.3 Å². The van der Waals surface area contributed by atoms with Gasteiger partial charge in [0, 0.05) is 12.8 Å². The molecule has 0 aliphatic carbocycles. The minimum Gasteiger partial charge on any atom is -0.497 e. The molecule has 0 saturated heterocycles. The molecule has 152 valence electrons. The molecule has 3 rings (SSSR count). The summed E-state index contributed by atoms with van der Waals surface area (Å²) in [5.74, 6) is 1.05. The topological polar surface area (TPSA) is 80.2 Å². The van der Waals surface area contributed by atoms with Gasteiger partial charge in [-0.2, -0.15) is 5.10 Å². The molecule has 2 aromatic carbocycles. The van der Waals surface area contributed by atoms with Crippen molar-refractivity contribution >= 4 is 23.2 Å². The van der Waals surface area contributed by atoms with E-state index in [2.05, 4.69) is 10.4 Å². The van der Waals surface area contributed by atoms with E-state index in [9.17, 15) is 9.59 Å². The zero-order valence-electron chi connectivity index (χ0n) is 16.9. The van der Waals surface area contributed by atoms with Gasteiger partial charge in [0.25, 0.3) is 5.91 Å². The molecule has 7 heteroatoms. The van der Waals surface area contributed by atoms with Crippen molar-refractivity contribution < 1.29 is 19.1 Å². The summed E-state index contributed by atoms with van der Waals surface area (Å²) < 4.78 is 10.7. The summed E-state index contributed by atoms with van der Waals surface area (Å²) in [4.78, 5) is 24.8. The maximum absolute atomic E-state index is 12.5. The van der Waals surface area contributed by atoms with Crippen molar-refractivity contribution in [1.82, 2.24) is 5.32 Å². The number of amides is 2. The molecule has 1 aliphatic heterocycles. The number of hydrogen-bond donors (Lipinski definition) is 1. The monoisotopic (exact) mass is 395 g/mol. The molecule has 0 saturated carbocycles. The number of anilines is 1. The van der Waals surface area contributed by atoms with E-state index in [0.29, 0.717) is 36.7 Å². The van der Waals surface area contributed by atoms with Gasteiger partial charge in [-0.15, -0.1) is 0 Å². The molecule has 0 bridgehead atoms. The second-order valence-electron chi connectivity index (χ2n) is 6.82. The number of hydrazone groups is 1. The Kier molecular flexibility index (Phi) is 6.49. The van der Waals surface area contributed by atoms with Gasteiger partial charge < -0.3 is 14.8 Å². The SMILES string of the molecule is COc1ccc(OCCNC(=O)C2=NN(c3cc(C)ccc3C)C(=O)CC2)cc1. The van der Waals surface area contributed by atoms with Crippen molar-refractivity contribution in [3.05, 3.63) is 53.6 Å². The fraction of sp³-hybridized carbons (Fsp3) is 0.318. The molecular formula is C22H25N3O4. The predicted molar refractivity (Wildman–Crippen MR) is 112 cm³/mol. The van der Waals surface area contributed by atoms with Crippen molar-refractivity contribution in [3.8, 4) is 11.5 Å². The molecule has 0 fully saturated rings. The number of methoxy groups -OCH3 is 1. The van der Waals surface area contributed by atoms with Gasteiger partial charge in [0.05, 0.1) is 19.3 Å². The standard InChI is InChI=1S/C22H25N3O4/c1-15-4-5-16(2)20(14-15)25-21(26)11-10-19(24-25)22(27)23-12-13-29-18-8-6-17(28-3)7-9-18/h4-9,14H,10-13H2,1-3H3,(H,23,27). The van der Waals surface area contributed by atoms with E-state index in [-0.39, 0.29) is 18.2 Å². The lowest BCUT2D eigenvalue weighted by Gasteiger charge is -2.24. The first kappa shape index (κ1) is 20.4. The molecular weight excluding hydrogens is 370 g/mol. The van der Waals surface area contributed by atoms with Gasteiger partial charge in [-0.05, 0) is 55.3 Å². The number of carbonyl (C=O) groups excluding carboxylic acids is 2. The van der Waals surface area contributed by atoms with Gasteiger partial charge in [-0.1, -0.05) is 12.1 Å². The third-order valence-electron chi connectivity index (χ3n) is 4.60. The number of benzene rings is 2. The summed E-state index contributed by atoms with van der Waals surface area (Å²) in [7, 11) is 1.61. The van der Waals surface area contributed by atoms with Crippen molar-refractivity contribution in [2.24, 2.45) is 5.10 Å². The molecule has 1 aliphatic rings. The van der Waals surface area contributed by atoms with E-state index in [1.807, 2.05) is 44.2 Å². The first-order valence-electron chi connectivity index (χ1n) is 9.50. The van der Waals surface area contributed by atoms with Gasteiger partial charge in [0.15, 0.2) is 0 Å². The first-order valence-corrected chi connectivity index (χ1v) is 9.50. The number of aryl methyl sites for hydroxylation is 2. The summed E-state index contributed by atoms with van der Waals surface area (Å²) in [5, 5.41) is 8.47. The fourth-order valence-corrected chi connectivity index (χ4v) is 2.96. The van der Waals surface area contributed by atoms with Crippen LogP contribution in [0.3, 0.4) is 0 Å². The van der Waals surface area contributed by atoms with E-state index >= 15 is 0 Å². The first-order chi connectivity index (χ1) is 14.0. The van der Waals surface area contributed by atoms with E-state index in [1.54, 1.807) is 19.2 Å². The highest BCUT2D eigenvalue weighted by molar-refractivity contribution is 6.40. The van der Waals surface area contributed by atoms with Crippen LogP contribution in [0.5, 0.6) is 11.5 Å². The average Bonchev–Trinajstić information content (AvgIpc) is 2.73. The zero-order chi connectivity index (χ0) is 20.8. The maximum Gasteiger partial charge on any atom is 0.267 e. The summed E-state index contributed by atoms with van der Waals surface area (Å²) in [5.41, 5.74) is 3.01. The third kappa shape index (κ3) is 5.13. The van der Waals surface area contributed by atoms with Crippen LogP contribution in [0.15, 0.2) is 47.6 Å². The Morgan fingerprint density at radius 1 is 1.10 bits per heavy atom. The van der Waals surface area contributed by atoms with E-state index < -0.39 is 0 Å². The lowest BCUT2D eigenvalue weighted by atomic mass is 10.1. The minimum absolute atomic E-state index is 0.113. The summed E-state index contributed by atoms with van der Waals surface area (Å²) in [6.45, 7) is 4.53. The van der Waals surface area contributed by atoms with Crippen LogP contribution in [0.4, 0.5) is 5.69 Å². The Morgan fingerprint density at radius 3 is 2.55 bits per heavy atom. The largest absolute Gasteiger partial charge is 0.497 e. The molecule has 29 heavy (non-hydrogen) atoms. The molecule has 0 spiro atoms. The van der Waals surface area contributed by atoms with Crippen LogP contribution in [-0.2, 0) is 9.59 Å². The van der Waals surface area contributed by atoms with Crippen LogP contribution in [0.2, 0.25) is 0 Å². The van der Waals surface area contributed by atoms with Gasteiger partial charge in [-0.25, -0.2) is 5.01 Å². The number of ether oxygens (including phenoxy) is 2. The normalized spacial score (nSPS) is 13.7. The highest BCUT2D eigenvalue weighted by Crippen LogP contribution is 2.25.